The van der Waals surface area contributed by atoms with Crippen LogP contribution in [0.1, 0.15) is 6.42 Å². The largest absolute Gasteiger partial charge is 0.370 e. The van der Waals surface area contributed by atoms with E-state index in [2.05, 4.69) is 24.9 Å². The maximum absolute atomic E-state index is 10.6. The number of hydrogen-bond acceptors (Lipinski definition) is 6. The molecule has 1 atom stereocenters. The third-order valence-electron chi connectivity index (χ3n) is 1.96. The predicted octanol–water partition coefficient (Wildman–Crippen LogP) is 0.452. The van der Waals surface area contributed by atoms with Crippen molar-refractivity contribution in [2.24, 2.45) is 4.99 Å². The standard InChI is InChI=1S/C9H14N5O2P/c10-6-7(14(15)16)9-12-4-2-8(13-9)11-3-1-5-17/h2,4,6,10,12H,1,3,5,17H2,(H,11,13)/b9-7-,10-6?. The first-order valence-electron chi connectivity index (χ1n) is 5.04. The lowest BCUT2D eigenvalue weighted by molar-refractivity contribution is -0.415. The fourth-order valence-corrected chi connectivity index (χ4v) is 1.35. The minimum atomic E-state index is -0.641. The normalized spacial score (nSPS) is 16.9. The molecule has 0 saturated heterocycles. The van der Waals surface area contributed by atoms with Gasteiger partial charge in [0.15, 0.2) is 0 Å². The first-order chi connectivity index (χ1) is 8.19. The van der Waals surface area contributed by atoms with Gasteiger partial charge in [0.2, 0.25) is 5.82 Å². The zero-order valence-electron chi connectivity index (χ0n) is 9.14. The second-order valence-electron chi connectivity index (χ2n) is 3.18. The second kappa shape index (κ2) is 6.75. The molecule has 8 heteroatoms. The fraction of sp³-hybridized carbons (Fsp3) is 0.333. The molecular formula is C9H14N5O2P. The lowest BCUT2D eigenvalue weighted by Crippen LogP contribution is -2.28. The molecule has 0 fully saturated rings. The van der Waals surface area contributed by atoms with Crippen molar-refractivity contribution in [1.82, 2.24) is 10.6 Å². The van der Waals surface area contributed by atoms with E-state index < -0.39 is 4.92 Å². The summed E-state index contributed by atoms with van der Waals surface area (Å²) in [7, 11) is 2.62. The third kappa shape index (κ3) is 3.96. The molecule has 0 bridgehead atoms. The first kappa shape index (κ1) is 13.3. The molecule has 0 amide bonds. The van der Waals surface area contributed by atoms with E-state index in [0.717, 1.165) is 19.1 Å². The highest BCUT2D eigenvalue weighted by atomic mass is 31.0. The summed E-state index contributed by atoms with van der Waals surface area (Å²) in [5.74, 6) is 0.624. The molecule has 0 aromatic rings. The highest BCUT2D eigenvalue weighted by Gasteiger charge is 2.17. The van der Waals surface area contributed by atoms with Crippen LogP contribution >= 0.6 is 9.24 Å². The second-order valence-corrected chi connectivity index (χ2v) is 3.76. The van der Waals surface area contributed by atoms with E-state index in [1.54, 1.807) is 12.3 Å². The molecule has 0 spiro atoms. The molecule has 1 rings (SSSR count). The van der Waals surface area contributed by atoms with Gasteiger partial charge in [-0.05, 0) is 18.7 Å². The van der Waals surface area contributed by atoms with Crippen LogP contribution < -0.4 is 10.6 Å². The van der Waals surface area contributed by atoms with Gasteiger partial charge >= 0.3 is 5.70 Å². The number of nitro groups is 1. The Labute approximate surface area is 101 Å². The van der Waals surface area contributed by atoms with Crippen molar-refractivity contribution in [3.05, 3.63) is 33.9 Å². The molecule has 1 unspecified atom stereocenters. The van der Waals surface area contributed by atoms with E-state index in [1.807, 2.05) is 0 Å². The Morgan fingerprint density at radius 2 is 2.53 bits per heavy atom. The Bertz CT molecular complexity index is 402. The van der Waals surface area contributed by atoms with Crippen LogP contribution in [0.25, 0.3) is 0 Å². The van der Waals surface area contributed by atoms with Crippen LogP contribution in [-0.4, -0.2) is 29.7 Å². The third-order valence-corrected chi connectivity index (χ3v) is 2.36. The Balaban J connectivity index is 2.80. The quantitative estimate of drug-likeness (QED) is 0.218. The molecule has 0 aromatic carbocycles. The number of hydrogen-bond donors (Lipinski definition) is 3. The topological polar surface area (TPSA) is 103 Å². The average molecular weight is 255 g/mol. The lowest BCUT2D eigenvalue weighted by Gasteiger charge is -2.11. The Morgan fingerprint density at radius 3 is 3.12 bits per heavy atom. The molecule has 7 nitrogen and oxygen atoms in total. The van der Waals surface area contributed by atoms with E-state index in [9.17, 15) is 10.1 Å². The van der Waals surface area contributed by atoms with Gasteiger partial charge in [-0.1, -0.05) is 0 Å². The summed E-state index contributed by atoms with van der Waals surface area (Å²) in [6.45, 7) is 0.748. The van der Waals surface area contributed by atoms with Crippen molar-refractivity contribution in [3.8, 4) is 0 Å². The van der Waals surface area contributed by atoms with Crippen molar-refractivity contribution in [2.75, 3.05) is 12.7 Å². The predicted molar refractivity (Wildman–Crippen MR) is 69.7 cm³/mol. The fourth-order valence-electron chi connectivity index (χ4n) is 1.15. The average Bonchev–Trinajstić information content (AvgIpc) is 2.30. The number of aliphatic imine (C=N–C) groups is 1. The van der Waals surface area contributed by atoms with Gasteiger partial charge in [-0.3, -0.25) is 10.1 Å². The van der Waals surface area contributed by atoms with Crippen molar-refractivity contribution >= 4 is 21.3 Å². The summed E-state index contributed by atoms with van der Waals surface area (Å²) in [5.41, 5.74) is -0.361. The van der Waals surface area contributed by atoms with Crippen molar-refractivity contribution in [2.45, 2.75) is 6.42 Å². The van der Waals surface area contributed by atoms with Gasteiger partial charge in [0.05, 0.1) is 11.1 Å². The summed E-state index contributed by atoms with van der Waals surface area (Å²) >= 11 is 0. The van der Waals surface area contributed by atoms with Crippen LogP contribution in [-0.2, 0) is 0 Å². The Hall–Kier alpha value is -1.75. The first-order valence-corrected chi connectivity index (χ1v) is 5.85. The molecule has 0 radical (unpaired) electrons. The van der Waals surface area contributed by atoms with Gasteiger partial charge in [0, 0.05) is 12.7 Å². The van der Waals surface area contributed by atoms with Gasteiger partial charge < -0.3 is 16.0 Å². The SMILES string of the molecule is N=C/C(=C1/N=C(NCCCP)C=CN1)[N+](=O)[O-]. The van der Waals surface area contributed by atoms with E-state index in [1.165, 1.54) is 0 Å². The molecule has 17 heavy (non-hydrogen) atoms. The monoisotopic (exact) mass is 255 g/mol. The molecule has 92 valence electrons. The number of rotatable bonds is 5. The molecule has 1 aliphatic heterocycles. The van der Waals surface area contributed by atoms with Gasteiger partial charge in [-0.2, -0.15) is 0 Å². The molecule has 0 aromatic heterocycles. The number of allylic oxidation sites excluding steroid dienone is 1. The Morgan fingerprint density at radius 1 is 1.76 bits per heavy atom. The summed E-state index contributed by atoms with van der Waals surface area (Å²) in [6.07, 6.45) is 5.86. The summed E-state index contributed by atoms with van der Waals surface area (Å²) in [6, 6.07) is 0. The van der Waals surface area contributed by atoms with E-state index >= 15 is 0 Å². The van der Waals surface area contributed by atoms with E-state index in [0.29, 0.717) is 12.1 Å². The van der Waals surface area contributed by atoms with Crippen LogP contribution in [0.3, 0.4) is 0 Å². The Kier molecular flexibility index (Phi) is 5.29. The molecule has 1 heterocycles. The summed E-state index contributed by atoms with van der Waals surface area (Å²) in [5, 5.41) is 23.3. The molecule has 3 N–H and O–H groups in total. The highest BCUT2D eigenvalue weighted by molar-refractivity contribution is 7.16. The molecular weight excluding hydrogens is 241 g/mol. The van der Waals surface area contributed by atoms with Gasteiger partial charge in [-0.15, -0.1) is 9.24 Å². The van der Waals surface area contributed by atoms with Gasteiger partial charge in [0.25, 0.3) is 0 Å². The molecule has 1 aliphatic rings. The minimum Gasteiger partial charge on any atom is -0.370 e. The smallest absolute Gasteiger partial charge is 0.329 e. The van der Waals surface area contributed by atoms with Crippen LogP contribution in [0.5, 0.6) is 0 Å². The van der Waals surface area contributed by atoms with Crippen LogP contribution in [0.15, 0.2) is 28.8 Å². The molecule has 0 aliphatic carbocycles. The number of nitrogens with zero attached hydrogens (tertiary/aromatic N) is 2. The maximum atomic E-state index is 10.6. The van der Waals surface area contributed by atoms with Crippen molar-refractivity contribution in [3.63, 3.8) is 0 Å². The summed E-state index contributed by atoms with van der Waals surface area (Å²) < 4.78 is 0. The van der Waals surface area contributed by atoms with Crippen molar-refractivity contribution < 1.29 is 4.92 Å². The summed E-state index contributed by atoms with van der Waals surface area (Å²) in [4.78, 5) is 14.0. The van der Waals surface area contributed by atoms with Crippen LogP contribution in [0.4, 0.5) is 0 Å². The van der Waals surface area contributed by atoms with E-state index in [4.69, 9.17) is 5.41 Å². The number of nitrogens with one attached hydrogen (secondary N) is 3. The zero-order valence-corrected chi connectivity index (χ0v) is 10.3. The highest BCUT2D eigenvalue weighted by Crippen LogP contribution is 2.05. The van der Waals surface area contributed by atoms with E-state index in [-0.39, 0.29) is 11.5 Å². The maximum Gasteiger partial charge on any atom is 0.329 e. The van der Waals surface area contributed by atoms with Gasteiger partial charge in [-0.25, -0.2) is 4.99 Å². The number of amidine groups is 1. The minimum absolute atomic E-state index is 0.0703. The van der Waals surface area contributed by atoms with Crippen LogP contribution in [0, 0.1) is 15.5 Å². The van der Waals surface area contributed by atoms with Gasteiger partial charge in [0.1, 0.15) is 5.84 Å². The zero-order chi connectivity index (χ0) is 12.7. The van der Waals surface area contributed by atoms with Crippen molar-refractivity contribution in [1.29, 1.82) is 5.41 Å². The lowest BCUT2D eigenvalue weighted by atomic mass is 10.4. The molecule has 0 saturated carbocycles. The van der Waals surface area contributed by atoms with Crippen LogP contribution in [0.2, 0.25) is 0 Å².